The predicted octanol–water partition coefficient (Wildman–Crippen LogP) is 0.826. The van der Waals surface area contributed by atoms with Crippen LogP contribution in [0.2, 0.25) is 0 Å². The standard InChI is InChI=1S/C9H13NO3/c1-10-5-6-3-7(11)9(12)8(4-6)13-2/h3-4,10-12H,5H2,1-2H3. The van der Waals surface area contributed by atoms with Crippen molar-refractivity contribution in [1.29, 1.82) is 0 Å². The van der Waals surface area contributed by atoms with Crippen molar-refractivity contribution in [3.63, 3.8) is 0 Å². The molecule has 1 aromatic carbocycles. The Labute approximate surface area is 76.8 Å². The molecule has 3 N–H and O–H groups in total. The van der Waals surface area contributed by atoms with Crippen LogP contribution in [0.3, 0.4) is 0 Å². The molecule has 1 rings (SSSR count). The second kappa shape index (κ2) is 4.00. The van der Waals surface area contributed by atoms with Gasteiger partial charge in [0.05, 0.1) is 7.11 Å². The minimum absolute atomic E-state index is 0.162. The smallest absolute Gasteiger partial charge is 0.200 e. The maximum Gasteiger partial charge on any atom is 0.200 e. The molecule has 4 heteroatoms. The second-order valence-corrected chi connectivity index (χ2v) is 2.70. The van der Waals surface area contributed by atoms with Crippen molar-refractivity contribution in [3.05, 3.63) is 17.7 Å². The molecular formula is C9H13NO3. The molecule has 0 spiro atoms. The number of phenolic OH excluding ortho intramolecular Hbond substituents is 2. The van der Waals surface area contributed by atoms with E-state index >= 15 is 0 Å². The molecule has 0 atom stereocenters. The molecule has 0 aromatic heterocycles. The van der Waals surface area contributed by atoms with Crippen LogP contribution in [0.15, 0.2) is 12.1 Å². The van der Waals surface area contributed by atoms with E-state index in [0.717, 1.165) is 5.56 Å². The van der Waals surface area contributed by atoms with E-state index in [1.165, 1.54) is 13.2 Å². The molecule has 0 fully saturated rings. The van der Waals surface area contributed by atoms with E-state index in [9.17, 15) is 10.2 Å². The molecule has 0 saturated heterocycles. The van der Waals surface area contributed by atoms with Crippen LogP contribution >= 0.6 is 0 Å². The highest BCUT2D eigenvalue weighted by atomic mass is 16.5. The predicted molar refractivity (Wildman–Crippen MR) is 49.1 cm³/mol. The molecule has 0 amide bonds. The molecule has 0 bridgehead atoms. The lowest BCUT2D eigenvalue weighted by Crippen LogP contribution is -2.04. The van der Waals surface area contributed by atoms with Crippen LogP contribution in [0.5, 0.6) is 17.2 Å². The Kier molecular flexibility index (Phi) is 2.97. The lowest BCUT2D eigenvalue weighted by molar-refractivity contribution is 0.350. The quantitative estimate of drug-likeness (QED) is 0.607. The van der Waals surface area contributed by atoms with E-state index < -0.39 is 0 Å². The third-order valence-corrected chi connectivity index (χ3v) is 1.72. The summed E-state index contributed by atoms with van der Waals surface area (Å²) in [6, 6.07) is 3.17. The summed E-state index contributed by atoms with van der Waals surface area (Å²) in [6.07, 6.45) is 0. The van der Waals surface area contributed by atoms with Crippen LogP contribution in [0.1, 0.15) is 5.56 Å². The van der Waals surface area contributed by atoms with Crippen LogP contribution in [0.25, 0.3) is 0 Å². The molecular weight excluding hydrogens is 170 g/mol. The van der Waals surface area contributed by atoms with Gasteiger partial charge in [0.2, 0.25) is 5.75 Å². The fourth-order valence-electron chi connectivity index (χ4n) is 1.11. The summed E-state index contributed by atoms with van der Waals surface area (Å²) < 4.78 is 4.88. The van der Waals surface area contributed by atoms with Crippen molar-refractivity contribution in [3.8, 4) is 17.2 Å². The molecule has 0 unspecified atom stereocenters. The number of aromatic hydroxyl groups is 2. The normalized spacial score (nSPS) is 10.0. The summed E-state index contributed by atoms with van der Waals surface area (Å²) in [7, 11) is 3.24. The Hall–Kier alpha value is -1.42. The first kappa shape index (κ1) is 9.67. The maximum absolute atomic E-state index is 9.29. The molecule has 0 radical (unpaired) electrons. The van der Waals surface area contributed by atoms with Gasteiger partial charge in [-0.15, -0.1) is 0 Å². The molecule has 0 saturated carbocycles. The highest BCUT2D eigenvalue weighted by Gasteiger charge is 2.08. The van der Waals surface area contributed by atoms with Crippen molar-refractivity contribution in [2.24, 2.45) is 0 Å². The minimum Gasteiger partial charge on any atom is -0.504 e. The monoisotopic (exact) mass is 183 g/mol. The minimum atomic E-state index is -0.220. The Balaban J connectivity index is 3.06. The molecule has 13 heavy (non-hydrogen) atoms. The van der Waals surface area contributed by atoms with E-state index in [2.05, 4.69) is 5.32 Å². The number of methoxy groups -OCH3 is 1. The van der Waals surface area contributed by atoms with Gasteiger partial charge in [-0.25, -0.2) is 0 Å². The molecule has 0 aliphatic heterocycles. The average molecular weight is 183 g/mol. The maximum atomic E-state index is 9.29. The SMILES string of the molecule is CNCc1cc(O)c(O)c(OC)c1. The number of hydrogen-bond acceptors (Lipinski definition) is 4. The Morgan fingerprint density at radius 1 is 1.38 bits per heavy atom. The lowest BCUT2D eigenvalue weighted by Gasteiger charge is -2.07. The molecule has 0 aliphatic rings. The Morgan fingerprint density at radius 3 is 2.62 bits per heavy atom. The van der Waals surface area contributed by atoms with Crippen LogP contribution in [0, 0.1) is 0 Å². The van der Waals surface area contributed by atoms with Gasteiger partial charge >= 0.3 is 0 Å². The first-order valence-electron chi connectivity index (χ1n) is 3.92. The average Bonchev–Trinajstić information content (AvgIpc) is 2.11. The van der Waals surface area contributed by atoms with Crippen LogP contribution in [-0.2, 0) is 6.54 Å². The van der Waals surface area contributed by atoms with Gasteiger partial charge in [-0.3, -0.25) is 0 Å². The van der Waals surface area contributed by atoms with Gasteiger partial charge in [0.15, 0.2) is 11.5 Å². The Morgan fingerprint density at radius 2 is 2.08 bits per heavy atom. The summed E-state index contributed by atoms with van der Waals surface area (Å²) in [4.78, 5) is 0. The molecule has 72 valence electrons. The van der Waals surface area contributed by atoms with E-state index in [0.29, 0.717) is 6.54 Å². The van der Waals surface area contributed by atoms with Crippen LogP contribution < -0.4 is 10.1 Å². The van der Waals surface area contributed by atoms with Gasteiger partial charge in [-0.2, -0.15) is 0 Å². The van der Waals surface area contributed by atoms with Crippen molar-refractivity contribution in [1.82, 2.24) is 5.32 Å². The van der Waals surface area contributed by atoms with Crippen molar-refractivity contribution < 1.29 is 14.9 Å². The van der Waals surface area contributed by atoms with Crippen molar-refractivity contribution in [2.75, 3.05) is 14.2 Å². The third-order valence-electron chi connectivity index (χ3n) is 1.72. The summed E-state index contributed by atoms with van der Waals surface area (Å²) >= 11 is 0. The first-order valence-corrected chi connectivity index (χ1v) is 3.92. The summed E-state index contributed by atoms with van der Waals surface area (Å²) in [6.45, 7) is 0.615. The van der Waals surface area contributed by atoms with Crippen LogP contribution in [0.4, 0.5) is 0 Å². The molecule has 1 aromatic rings. The summed E-state index contributed by atoms with van der Waals surface area (Å²) in [5, 5.41) is 21.5. The van der Waals surface area contributed by atoms with E-state index in [1.54, 1.807) is 13.1 Å². The van der Waals surface area contributed by atoms with Crippen molar-refractivity contribution in [2.45, 2.75) is 6.54 Å². The Bertz CT molecular complexity index is 299. The fraction of sp³-hybridized carbons (Fsp3) is 0.333. The zero-order valence-corrected chi connectivity index (χ0v) is 7.66. The molecule has 0 heterocycles. The van der Waals surface area contributed by atoms with Gasteiger partial charge in [0.1, 0.15) is 0 Å². The summed E-state index contributed by atoms with van der Waals surface area (Å²) in [5.41, 5.74) is 0.856. The van der Waals surface area contributed by atoms with E-state index in [4.69, 9.17) is 4.74 Å². The first-order chi connectivity index (χ1) is 6.19. The number of benzene rings is 1. The van der Waals surface area contributed by atoms with Gasteiger partial charge in [0, 0.05) is 6.54 Å². The number of hydrogen-bond donors (Lipinski definition) is 3. The van der Waals surface area contributed by atoms with E-state index in [-0.39, 0.29) is 17.2 Å². The van der Waals surface area contributed by atoms with Gasteiger partial charge in [-0.1, -0.05) is 0 Å². The second-order valence-electron chi connectivity index (χ2n) is 2.70. The van der Waals surface area contributed by atoms with Crippen LogP contribution in [-0.4, -0.2) is 24.4 Å². The number of rotatable bonds is 3. The largest absolute Gasteiger partial charge is 0.504 e. The van der Waals surface area contributed by atoms with Gasteiger partial charge < -0.3 is 20.3 Å². The topological polar surface area (TPSA) is 61.7 Å². The number of ether oxygens (including phenoxy) is 1. The molecule has 4 nitrogen and oxygen atoms in total. The van der Waals surface area contributed by atoms with E-state index in [1.807, 2.05) is 0 Å². The zero-order chi connectivity index (χ0) is 9.84. The summed E-state index contributed by atoms with van der Waals surface area (Å²) in [5.74, 6) is -0.0998. The highest BCUT2D eigenvalue weighted by molar-refractivity contribution is 5.51. The lowest BCUT2D eigenvalue weighted by atomic mass is 10.2. The van der Waals surface area contributed by atoms with Gasteiger partial charge in [0.25, 0.3) is 0 Å². The van der Waals surface area contributed by atoms with Gasteiger partial charge in [-0.05, 0) is 24.7 Å². The van der Waals surface area contributed by atoms with Crippen molar-refractivity contribution >= 4 is 0 Å². The molecule has 0 aliphatic carbocycles. The fourth-order valence-corrected chi connectivity index (χ4v) is 1.11. The number of nitrogens with one attached hydrogen (secondary N) is 1. The highest BCUT2D eigenvalue weighted by Crippen LogP contribution is 2.36. The third kappa shape index (κ3) is 2.03. The number of phenols is 2. The zero-order valence-electron chi connectivity index (χ0n) is 7.66.